The van der Waals surface area contributed by atoms with Crippen molar-refractivity contribution in [3.63, 3.8) is 0 Å². The maximum absolute atomic E-state index is 14.0. The van der Waals surface area contributed by atoms with Crippen LogP contribution in [-0.2, 0) is 6.54 Å². The molecule has 2 N–H and O–H groups in total. The van der Waals surface area contributed by atoms with E-state index in [1.54, 1.807) is 12.1 Å². The highest BCUT2D eigenvalue weighted by Gasteiger charge is 2.23. The van der Waals surface area contributed by atoms with E-state index in [0.717, 1.165) is 25.9 Å². The monoisotopic (exact) mass is 291 g/mol. The molecule has 1 aliphatic heterocycles. The molecule has 1 aromatic rings. The van der Waals surface area contributed by atoms with Gasteiger partial charge >= 0.3 is 0 Å². The molecule has 4 heteroatoms. The van der Waals surface area contributed by atoms with Gasteiger partial charge in [-0.15, -0.1) is 0 Å². The molecule has 1 aliphatic rings. The highest BCUT2D eigenvalue weighted by Crippen LogP contribution is 2.22. The molecule has 0 bridgehead atoms. The summed E-state index contributed by atoms with van der Waals surface area (Å²) in [4.78, 5) is 2.22. The van der Waals surface area contributed by atoms with E-state index in [1.807, 2.05) is 6.92 Å². The molecule has 1 saturated heterocycles. The van der Waals surface area contributed by atoms with Crippen molar-refractivity contribution in [2.75, 3.05) is 19.7 Å². The van der Waals surface area contributed by atoms with Crippen molar-refractivity contribution in [2.24, 2.45) is 5.92 Å². The molecule has 2 rings (SSSR count). The Morgan fingerprint density at radius 3 is 2.67 bits per heavy atom. The van der Waals surface area contributed by atoms with E-state index in [4.69, 9.17) is 5.11 Å². The van der Waals surface area contributed by atoms with Crippen LogP contribution in [0.5, 0.6) is 0 Å². The Morgan fingerprint density at radius 1 is 1.38 bits per heavy atom. The van der Waals surface area contributed by atoms with Crippen LogP contribution in [0.25, 0.3) is 0 Å². The van der Waals surface area contributed by atoms with Crippen LogP contribution in [0.1, 0.15) is 30.9 Å². The van der Waals surface area contributed by atoms with Gasteiger partial charge in [-0.1, -0.05) is 17.9 Å². The fourth-order valence-electron chi connectivity index (χ4n) is 2.73. The third kappa shape index (κ3) is 4.53. The lowest BCUT2D eigenvalue weighted by molar-refractivity contribution is 0.0692. The van der Waals surface area contributed by atoms with Crippen molar-refractivity contribution in [3.8, 4) is 11.8 Å². The normalized spacial score (nSPS) is 18.1. The molecule has 1 fully saturated rings. The quantitative estimate of drug-likeness (QED) is 0.834. The van der Waals surface area contributed by atoms with Gasteiger partial charge in [0.2, 0.25) is 0 Å². The molecule has 1 heterocycles. The van der Waals surface area contributed by atoms with E-state index >= 15 is 0 Å². The second-order valence-electron chi connectivity index (χ2n) is 5.62. The number of rotatable bonds is 3. The summed E-state index contributed by atoms with van der Waals surface area (Å²) in [5.41, 5.74) is 1.25. The summed E-state index contributed by atoms with van der Waals surface area (Å²) in [7, 11) is 0. The van der Waals surface area contributed by atoms with Gasteiger partial charge in [-0.05, 0) is 50.9 Å². The predicted molar refractivity (Wildman–Crippen MR) is 80.0 cm³/mol. The van der Waals surface area contributed by atoms with Crippen molar-refractivity contribution in [2.45, 2.75) is 32.4 Å². The number of hydrogen-bond acceptors (Lipinski definition) is 3. The van der Waals surface area contributed by atoms with Crippen molar-refractivity contribution >= 4 is 0 Å². The number of piperidine rings is 1. The van der Waals surface area contributed by atoms with Crippen LogP contribution in [-0.4, -0.2) is 40.9 Å². The zero-order valence-electron chi connectivity index (χ0n) is 12.3. The molecule has 1 unspecified atom stereocenters. The molecule has 1 atom stereocenters. The molecule has 114 valence electrons. The van der Waals surface area contributed by atoms with Gasteiger partial charge in [-0.2, -0.15) is 0 Å². The maximum Gasteiger partial charge on any atom is 0.128 e. The zero-order chi connectivity index (χ0) is 15.2. The van der Waals surface area contributed by atoms with Gasteiger partial charge < -0.3 is 10.2 Å². The topological polar surface area (TPSA) is 43.7 Å². The summed E-state index contributed by atoms with van der Waals surface area (Å²) in [6, 6.07) is 4.96. The predicted octanol–water partition coefficient (Wildman–Crippen LogP) is 1.76. The number of halogens is 1. The number of nitrogens with zero attached hydrogens (tertiary/aromatic N) is 1. The molecule has 0 saturated carbocycles. The number of aliphatic hydroxyl groups excluding tert-OH is 2. The summed E-state index contributed by atoms with van der Waals surface area (Å²) in [5.74, 6) is 5.33. The van der Waals surface area contributed by atoms with E-state index in [2.05, 4.69) is 16.7 Å². The summed E-state index contributed by atoms with van der Waals surface area (Å²) < 4.78 is 14.0. The highest BCUT2D eigenvalue weighted by molar-refractivity contribution is 5.37. The average molecular weight is 291 g/mol. The number of likely N-dealkylation sites (tertiary alicyclic amines) is 1. The second kappa shape index (κ2) is 7.56. The lowest BCUT2D eigenvalue weighted by atomic mass is 9.92. The first kappa shape index (κ1) is 16.0. The van der Waals surface area contributed by atoms with E-state index in [0.29, 0.717) is 23.6 Å². The smallest absolute Gasteiger partial charge is 0.128 e. The van der Waals surface area contributed by atoms with Crippen LogP contribution in [0.15, 0.2) is 18.2 Å². The average Bonchev–Trinajstić information content (AvgIpc) is 2.48. The molecule has 3 nitrogen and oxygen atoms in total. The molecule has 0 spiro atoms. The minimum Gasteiger partial charge on any atom is -0.393 e. The minimum absolute atomic E-state index is 0.221. The standard InChI is InChI=1S/C17H22FNO2/c1-13(21)15-6-8-19(9-7-15)12-16-5-4-14(3-2-10-20)11-17(16)18/h4-5,11,13,15,20-21H,6-10,12H2,1H3. The molecule has 21 heavy (non-hydrogen) atoms. The lowest BCUT2D eigenvalue weighted by Crippen LogP contribution is -2.36. The van der Waals surface area contributed by atoms with Crippen molar-refractivity contribution in [1.82, 2.24) is 4.90 Å². The Bertz CT molecular complexity index is 525. The van der Waals surface area contributed by atoms with Crippen LogP contribution in [0.2, 0.25) is 0 Å². The second-order valence-corrected chi connectivity index (χ2v) is 5.62. The van der Waals surface area contributed by atoms with E-state index in [1.165, 1.54) is 6.07 Å². The Balaban J connectivity index is 1.95. The largest absolute Gasteiger partial charge is 0.393 e. The Kier molecular flexibility index (Phi) is 5.75. The third-order valence-electron chi connectivity index (χ3n) is 4.07. The van der Waals surface area contributed by atoms with Crippen molar-refractivity contribution in [1.29, 1.82) is 0 Å². The summed E-state index contributed by atoms with van der Waals surface area (Å²) in [5, 5.41) is 18.2. The molecule has 0 radical (unpaired) electrons. The molecule has 0 amide bonds. The summed E-state index contributed by atoms with van der Waals surface area (Å²) in [6.45, 7) is 3.99. The lowest BCUT2D eigenvalue weighted by Gasteiger charge is -2.33. The fraction of sp³-hybridized carbons (Fsp3) is 0.529. The molecule has 0 aliphatic carbocycles. The Morgan fingerprint density at radius 2 is 2.10 bits per heavy atom. The summed E-state index contributed by atoms with van der Waals surface area (Å²) in [6.07, 6.45) is 1.66. The molecule has 0 aromatic heterocycles. The number of hydrogen-bond donors (Lipinski definition) is 2. The number of benzene rings is 1. The first-order valence-corrected chi connectivity index (χ1v) is 7.38. The van der Waals surface area contributed by atoms with Gasteiger partial charge in [0.25, 0.3) is 0 Å². The molecule has 1 aromatic carbocycles. The van der Waals surface area contributed by atoms with Gasteiger partial charge in [0, 0.05) is 17.7 Å². The minimum atomic E-state index is -0.256. The van der Waals surface area contributed by atoms with Gasteiger partial charge in [-0.25, -0.2) is 4.39 Å². The van der Waals surface area contributed by atoms with Crippen LogP contribution in [0, 0.1) is 23.6 Å². The van der Waals surface area contributed by atoms with Crippen LogP contribution >= 0.6 is 0 Å². The van der Waals surface area contributed by atoms with E-state index in [-0.39, 0.29) is 18.5 Å². The van der Waals surface area contributed by atoms with Crippen LogP contribution in [0.3, 0.4) is 0 Å². The summed E-state index contributed by atoms with van der Waals surface area (Å²) >= 11 is 0. The van der Waals surface area contributed by atoms with Crippen molar-refractivity contribution < 1.29 is 14.6 Å². The van der Waals surface area contributed by atoms with Crippen molar-refractivity contribution in [3.05, 3.63) is 35.1 Å². The fourth-order valence-corrected chi connectivity index (χ4v) is 2.73. The zero-order valence-corrected chi connectivity index (χ0v) is 12.3. The van der Waals surface area contributed by atoms with Gasteiger partial charge in [0.1, 0.15) is 12.4 Å². The Hall–Kier alpha value is -1.41. The Labute approximate surface area is 125 Å². The van der Waals surface area contributed by atoms with Crippen LogP contribution in [0.4, 0.5) is 4.39 Å². The van der Waals surface area contributed by atoms with Gasteiger partial charge in [0.15, 0.2) is 0 Å². The molecular formula is C17H22FNO2. The maximum atomic E-state index is 14.0. The van der Waals surface area contributed by atoms with E-state index in [9.17, 15) is 9.50 Å². The highest BCUT2D eigenvalue weighted by atomic mass is 19.1. The number of aliphatic hydroxyl groups is 2. The first-order chi connectivity index (χ1) is 10.1. The van der Waals surface area contributed by atoms with Gasteiger partial charge in [-0.3, -0.25) is 4.90 Å². The van der Waals surface area contributed by atoms with E-state index < -0.39 is 0 Å². The van der Waals surface area contributed by atoms with Gasteiger partial charge in [0.05, 0.1) is 6.10 Å². The SMILES string of the molecule is CC(O)C1CCN(Cc2ccc(C#CCO)cc2F)CC1. The third-order valence-corrected chi connectivity index (χ3v) is 4.07. The molecular weight excluding hydrogens is 269 g/mol. The first-order valence-electron chi connectivity index (χ1n) is 7.38. The van der Waals surface area contributed by atoms with Crippen LogP contribution < -0.4 is 0 Å².